The Morgan fingerprint density at radius 1 is 0.971 bits per heavy atom. The zero-order valence-electron chi connectivity index (χ0n) is 19.5. The van der Waals surface area contributed by atoms with Crippen molar-refractivity contribution in [3.05, 3.63) is 95.0 Å². The van der Waals surface area contributed by atoms with E-state index in [1.54, 1.807) is 12.1 Å². The summed E-state index contributed by atoms with van der Waals surface area (Å²) in [6, 6.07) is 24.4. The number of hydrogen-bond donors (Lipinski definition) is 0. The fraction of sp³-hybridized carbons (Fsp3) is 0.250. The molecule has 2 heterocycles. The molecule has 0 radical (unpaired) electrons. The summed E-state index contributed by atoms with van der Waals surface area (Å²) in [5, 5.41) is 0.433. The van der Waals surface area contributed by atoms with Gasteiger partial charge < -0.3 is 9.32 Å². The summed E-state index contributed by atoms with van der Waals surface area (Å²) in [6.45, 7) is 3.41. The molecule has 0 saturated carbocycles. The van der Waals surface area contributed by atoms with Crippen LogP contribution in [-0.4, -0.2) is 26.5 Å². The molecule has 0 aliphatic carbocycles. The van der Waals surface area contributed by atoms with Crippen LogP contribution in [0, 0.1) is 12.8 Å². The van der Waals surface area contributed by atoms with Crippen LogP contribution in [0.4, 0.5) is 5.88 Å². The molecule has 1 saturated heterocycles. The van der Waals surface area contributed by atoms with E-state index in [1.165, 1.54) is 17.7 Å². The predicted molar refractivity (Wildman–Crippen MR) is 139 cm³/mol. The number of aromatic nitrogens is 1. The van der Waals surface area contributed by atoms with Crippen molar-refractivity contribution in [2.45, 2.75) is 36.1 Å². The third-order valence-electron chi connectivity index (χ3n) is 6.49. The maximum Gasteiger partial charge on any atom is 0.236 e. The lowest BCUT2D eigenvalue weighted by Crippen LogP contribution is -2.34. The Morgan fingerprint density at radius 3 is 2.37 bits per heavy atom. The van der Waals surface area contributed by atoms with Gasteiger partial charge >= 0.3 is 0 Å². The molecule has 0 N–H and O–H groups in total. The third kappa shape index (κ3) is 5.14. The number of piperidine rings is 1. The van der Waals surface area contributed by atoms with Crippen molar-refractivity contribution in [1.82, 2.24) is 4.98 Å². The summed E-state index contributed by atoms with van der Waals surface area (Å²) in [5.41, 5.74) is 3.13. The minimum absolute atomic E-state index is 0.0437. The van der Waals surface area contributed by atoms with E-state index < -0.39 is 9.84 Å². The first-order chi connectivity index (χ1) is 16.9. The fourth-order valence-corrected chi connectivity index (χ4v) is 6.03. The van der Waals surface area contributed by atoms with Gasteiger partial charge in [0.25, 0.3) is 0 Å². The second-order valence-electron chi connectivity index (χ2n) is 9.08. The zero-order chi connectivity index (χ0) is 24.4. The Kier molecular flexibility index (Phi) is 6.67. The number of hydrogen-bond acceptors (Lipinski definition) is 5. The van der Waals surface area contributed by atoms with Gasteiger partial charge in [-0.1, -0.05) is 59.6 Å². The molecule has 3 aromatic carbocycles. The van der Waals surface area contributed by atoms with E-state index in [9.17, 15) is 8.42 Å². The van der Waals surface area contributed by atoms with Crippen LogP contribution in [0.1, 0.15) is 24.0 Å². The molecule has 0 atom stereocenters. The van der Waals surface area contributed by atoms with Gasteiger partial charge in [-0.3, -0.25) is 0 Å². The first kappa shape index (κ1) is 23.6. The van der Waals surface area contributed by atoms with Gasteiger partial charge in [0.05, 0.1) is 4.90 Å². The molecule has 0 unspecified atom stereocenters. The van der Waals surface area contributed by atoms with E-state index in [1.807, 2.05) is 42.2 Å². The van der Waals surface area contributed by atoms with Gasteiger partial charge in [-0.25, -0.2) is 8.42 Å². The molecule has 180 valence electrons. The van der Waals surface area contributed by atoms with E-state index in [4.69, 9.17) is 16.0 Å². The van der Waals surface area contributed by atoms with E-state index >= 15 is 0 Å². The monoisotopic (exact) mass is 506 g/mol. The molecular formula is C28H27ClN2O3S. The summed E-state index contributed by atoms with van der Waals surface area (Å²) >= 11 is 5.99. The lowest BCUT2D eigenvalue weighted by molar-refractivity contribution is 0.387. The summed E-state index contributed by atoms with van der Waals surface area (Å²) in [4.78, 5) is 6.69. The summed E-state index contributed by atoms with van der Waals surface area (Å²) < 4.78 is 33.5. The Labute approximate surface area is 211 Å². The van der Waals surface area contributed by atoms with Crippen molar-refractivity contribution >= 4 is 27.3 Å². The van der Waals surface area contributed by atoms with E-state index in [2.05, 4.69) is 29.2 Å². The molecule has 0 bridgehead atoms. The highest BCUT2D eigenvalue weighted by Gasteiger charge is 2.33. The number of nitrogens with zero attached hydrogens (tertiary/aromatic N) is 2. The predicted octanol–water partition coefficient (Wildman–Crippen LogP) is 6.60. The highest BCUT2D eigenvalue weighted by atomic mass is 35.5. The smallest absolute Gasteiger partial charge is 0.236 e. The van der Waals surface area contributed by atoms with Gasteiger partial charge in [0.2, 0.25) is 26.6 Å². The van der Waals surface area contributed by atoms with Gasteiger partial charge in [0.1, 0.15) is 0 Å². The van der Waals surface area contributed by atoms with E-state index in [0.29, 0.717) is 35.8 Å². The van der Waals surface area contributed by atoms with Gasteiger partial charge in [-0.15, -0.1) is 0 Å². The van der Waals surface area contributed by atoms with Crippen molar-refractivity contribution in [1.29, 1.82) is 0 Å². The number of rotatable bonds is 6. The largest absolute Gasteiger partial charge is 0.419 e. The van der Waals surface area contributed by atoms with Crippen LogP contribution in [0.5, 0.6) is 0 Å². The van der Waals surface area contributed by atoms with Crippen LogP contribution in [-0.2, 0) is 16.3 Å². The Morgan fingerprint density at radius 2 is 1.69 bits per heavy atom. The number of sulfone groups is 1. The molecule has 7 heteroatoms. The third-order valence-corrected chi connectivity index (χ3v) is 8.41. The van der Waals surface area contributed by atoms with Crippen LogP contribution >= 0.6 is 11.6 Å². The highest BCUT2D eigenvalue weighted by molar-refractivity contribution is 7.91. The summed E-state index contributed by atoms with van der Waals surface area (Å²) in [7, 11) is -3.90. The maximum absolute atomic E-state index is 13.6. The molecule has 1 aromatic heterocycles. The minimum atomic E-state index is -3.90. The first-order valence-corrected chi connectivity index (χ1v) is 13.6. The number of aryl methyl sites for hydroxylation is 1. The average molecular weight is 507 g/mol. The Bertz CT molecular complexity index is 1410. The quantitative estimate of drug-likeness (QED) is 0.295. The number of benzene rings is 3. The second-order valence-corrected chi connectivity index (χ2v) is 11.4. The van der Waals surface area contributed by atoms with Crippen molar-refractivity contribution in [2.75, 3.05) is 18.0 Å². The molecule has 0 spiro atoms. The van der Waals surface area contributed by atoms with Gasteiger partial charge in [0.15, 0.2) is 0 Å². The molecular weight excluding hydrogens is 480 g/mol. The lowest BCUT2D eigenvalue weighted by atomic mass is 9.90. The molecule has 1 fully saturated rings. The Hall–Kier alpha value is -3.09. The van der Waals surface area contributed by atoms with Crippen LogP contribution in [0.15, 0.2) is 93.2 Å². The van der Waals surface area contributed by atoms with Crippen molar-refractivity contribution in [2.24, 2.45) is 5.92 Å². The highest BCUT2D eigenvalue weighted by Crippen LogP contribution is 2.37. The summed E-state index contributed by atoms with van der Waals surface area (Å²) in [5.74, 6) is 1.17. The molecule has 0 amide bonds. The van der Waals surface area contributed by atoms with Crippen molar-refractivity contribution in [3.8, 4) is 11.5 Å². The second kappa shape index (κ2) is 9.88. The van der Waals surface area contributed by atoms with Crippen LogP contribution in [0.25, 0.3) is 11.5 Å². The fourth-order valence-electron chi connectivity index (χ4n) is 4.59. The summed E-state index contributed by atoms with van der Waals surface area (Å²) in [6.07, 6.45) is 2.93. The van der Waals surface area contributed by atoms with Gasteiger partial charge in [-0.05, 0) is 74.1 Å². The number of oxazole rings is 1. The molecule has 5 rings (SSSR count). The average Bonchev–Trinajstić information content (AvgIpc) is 3.32. The van der Waals surface area contributed by atoms with Gasteiger partial charge in [-0.2, -0.15) is 4.98 Å². The first-order valence-electron chi connectivity index (χ1n) is 11.8. The van der Waals surface area contributed by atoms with Crippen LogP contribution in [0.3, 0.4) is 0 Å². The lowest BCUT2D eigenvalue weighted by Gasteiger charge is -2.32. The maximum atomic E-state index is 13.6. The van der Waals surface area contributed by atoms with E-state index in [-0.39, 0.29) is 9.92 Å². The molecule has 4 aromatic rings. The van der Waals surface area contributed by atoms with Gasteiger partial charge in [0, 0.05) is 23.7 Å². The molecule has 1 aliphatic rings. The number of halogens is 1. The Balaban J connectivity index is 1.47. The van der Waals surface area contributed by atoms with Crippen LogP contribution < -0.4 is 4.90 Å². The van der Waals surface area contributed by atoms with Crippen molar-refractivity contribution in [3.63, 3.8) is 0 Å². The van der Waals surface area contributed by atoms with E-state index in [0.717, 1.165) is 30.4 Å². The van der Waals surface area contributed by atoms with Crippen molar-refractivity contribution < 1.29 is 12.8 Å². The topological polar surface area (TPSA) is 63.4 Å². The molecule has 5 nitrogen and oxygen atoms in total. The zero-order valence-corrected chi connectivity index (χ0v) is 21.1. The number of anilines is 1. The normalized spacial score (nSPS) is 14.9. The van der Waals surface area contributed by atoms with Crippen LogP contribution in [0.2, 0.25) is 5.02 Å². The SMILES string of the molecule is Cc1cccc(-c2nc(S(=O)(=O)c3ccc(Cl)cc3)c(N3CCC(Cc4ccccc4)CC3)o2)c1. The minimum Gasteiger partial charge on any atom is -0.419 e. The molecule has 35 heavy (non-hydrogen) atoms. The molecule has 1 aliphatic heterocycles. The standard InChI is InChI=1S/C28H27ClN2O3S/c1-20-6-5-9-23(18-20)26-30-27(35(32,33)25-12-10-24(29)11-13-25)28(34-26)31-16-14-22(15-17-31)19-21-7-3-2-4-8-21/h2-13,18,22H,14-17,19H2,1H3.